The van der Waals surface area contributed by atoms with Crippen LogP contribution in [0.15, 0.2) is 46.2 Å². The van der Waals surface area contributed by atoms with Gasteiger partial charge in [-0.05, 0) is 11.5 Å². The van der Waals surface area contributed by atoms with Gasteiger partial charge in [-0.1, -0.05) is 30.3 Å². The zero-order valence-electron chi connectivity index (χ0n) is 10.6. The molecule has 0 saturated heterocycles. The Morgan fingerprint density at radius 2 is 1.38 bits per heavy atom. The van der Waals surface area contributed by atoms with Crippen molar-refractivity contribution in [1.29, 1.82) is 0 Å². The Bertz CT molecular complexity index is 860. The van der Waals surface area contributed by atoms with Gasteiger partial charge in [0.25, 0.3) is 0 Å². The molecular weight excluding hydrogens is 335 g/mol. The monoisotopic (exact) mass is 343 g/mol. The van der Waals surface area contributed by atoms with Crippen LogP contribution in [0.1, 0.15) is 0 Å². The van der Waals surface area contributed by atoms with Crippen molar-refractivity contribution in [1.82, 2.24) is 0 Å². The van der Waals surface area contributed by atoms with Gasteiger partial charge < -0.3 is 0 Å². The number of hydrogen-bond donors (Lipinski definition) is 2. The maximum absolute atomic E-state index is 11.7. The predicted molar refractivity (Wildman–Crippen MR) is 71.5 cm³/mol. The van der Waals surface area contributed by atoms with Crippen LogP contribution >= 0.6 is 0 Å². The number of hydrogen-bond acceptors (Lipinski definition) is 8. The van der Waals surface area contributed by atoms with Gasteiger partial charge in [0, 0.05) is 34.9 Å². The zero-order valence-corrected chi connectivity index (χ0v) is 14.3. The van der Waals surface area contributed by atoms with Crippen LogP contribution in [0.3, 0.4) is 0 Å². The molecule has 11 heteroatoms. The summed E-state index contributed by atoms with van der Waals surface area (Å²) in [6, 6.07) is 8.15. The quantitative estimate of drug-likeness (QED) is 0.474. The molecule has 0 bridgehead atoms. The van der Waals surface area contributed by atoms with Crippen molar-refractivity contribution in [2.75, 3.05) is 0 Å². The van der Waals surface area contributed by atoms with Crippen LogP contribution < -0.4 is 0 Å². The van der Waals surface area contributed by atoms with Gasteiger partial charge in [-0.25, -0.2) is 10.5 Å². The molecule has 0 atom stereocenters. The van der Waals surface area contributed by atoms with E-state index in [9.17, 15) is 16.8 Å². The summed E-state index contributed by atoms with van der Waals surface area (Å²) >= 11 is 0. The largest absolute Gasteiger partial charge is 0.325 e. The molecule has 2 N–H and O–H groups in total. The van der Waals surface area contributed by atoms with Crippen LogP contribution in [0, 0.1) is 0 Å². The first-order valence-corrected chi connectivity index (χ1v) is 7.83. The summed E-state index contributed by atoms with van der Waals surface area (Å²) in [4.78, 5) is -1.68. The van der Waals surface area contributed by atoms with Crippen molar-refractivity contribution in [2.45, 2.75) is 9.79 Å². The standard InChI is InChI=1S/C10H8O8S2.Na/c11-17-19(13,14)9-6-5-7-3-1-2-4-8(7)10(9)20(15,16)18-12;/h1-6,11-12H;. The van der Waals surface area contributed by atoms with Crippen molar-refractivity contribution in [3.05, 3.63) is 36.4 Å². The van der Waals surface area contributed by atoms with Gasteiger partial charge in [-0.2, -0.15) is 16.8 Å². The van der Waals surface area contributed by atoms with Crippen LogP contribution in [-0.4, -0.2) is 56.9 Å². The third-order valence-electron chi connectivity index (χ3n) is 2.56. The molecule has 0 saturated carbocycles. The van der Waals surface area contributed by atoms with Gasteiger partial charge in [0.2, 0.25) is 0 Å². The van der Waals surface area contributed by atoms with Gasteiger partial charge in [0.15, 0.2) is 0 Å². The van der Waals surface area contributed by atoms with Gasteiger partial charge >= 0.3 is 20.2 Å². The summed E-state index contributed by atoms with van der Waals surface area (Å²) in [6.07, 6.45) is 0. The average Bonchev–Trinajstić information content (AvgIpc) is 2.45. The topological polar surface area (TPSA) is 127 Å². The van der Waals surface area contributed by atoms with Gasteiger partial charge in [-0.15, -0.1) is 8.67 Å². The molecule has 0 heterocycles. The van der Waals surface area contributed by atoms with Crippen LogP contribution in [0.5, 0.6) is 0 Å². The third-order valence-corrected chi connectivity index (χ3v) is 4.90. The van der Waals surface area contributed by atoms with Gasteiger partial charge in [0.1, 0.15) is 9.79 Å². The number of fused-ring (bicyclic) bond motifs is 1. The second kappa shape index (κ2) is 6.69. The molecule has 109 valence electrons. The van der Waals surface area contributed by atoms with Crippen molar-refractivity contribution < 1.29 is 36.0 Å². The van der Waals surface area contributed by atoms with E-state index in [2.05, 4.69) is 8.67 Å². The first kappa shape index (κ1) is 18.5. The summed E-state index contributed by atoms with van der Waals surface area (Å²) in [5.74, 6) is 0. The molecule has 0 aromatic heterocycles. The molecule has 0 aliphatic heterocycles. The van der Waals surface area contributed by atoms with E-state index in [1.165, 1.54) is 24.3 Å². The summed E-state index contributed by atoms with van der Waals surface area (Å²) in [7, 11) is -9.49. The molecule has 1 radical (unpaired) electrons. The van der Waals surface area contributed by atoms with Crippen LogP contribution in [0.2, 0.25) is 0 Å². The Balaban J connectivity index is 0.00000220. The zero-order chi connectivity index (χ0) is 15.0. The predicted octanol–water partition coefficient (Wildman–Crippen LogP) is 0.816. The Morgan fingerprint density at radius 1 is 0.810 bits per heavy atom. The van der Waals surface area contributed by atoms with E-state index in [1.54, 1.807) is 6.07 Å². The smallest absolute Gasteiger partial charge is 0.235 e. The second-order valence-electron chi connectivity index (χ2n) is 3.67. The summed E-state index contributed by atoms with van der Waals surface area (Å²) in [6.45, 7) is 0. The third kappa shape index (κ3) is 3.44. The van der Waals surface area contributed by atoms with Crippen LogP contribution in [-0.2, 0) is 28.9 Å². The molecule has 0 amide bonds. The van der Waals surface area contributed by atoms with Crippen molar-refractivity contribution in [3.8, 4) is 0 Å². The number of rotatable bonds is 4. The Morgan fingerprint density at radius 3 is 1.95 bits per heavy atom. The Kier molecular flexibility index (Phi) is 5.89. The van der Waals surface area contributed by atoms with Crippen LogP contribution in [0.4, 0.5) is 0 Å². The molecule has 0 fully saturated rings. The van der Waals surface area contributed by atoms with Crippen molar-refractivity contribution in [2.24, 2.45) is 0 Å². The fraction of sp³-hybridized carbons (Fsp3) is 0. The minimum absolute atomic E-state index is 0. The first-order chi connectivity index (χ1) is 9.33. The molecule has 0 spiro atoms. The minimum Gasteiger partial charge on any atom is -0.235 e. The fourth-order valence-electron chi connectivity index (χ4n) is 1.76. The first-order valence-electron chi connectivity index (χ1n) is 5.01. The molecule has 2 rings (SSSR count). The second-order valence-corrected chi connectivity index (χ2v) is 6.63. The van der Waals surface area contributed by atoms with Gasteiger partial charge in [0.05, 0.1) is 0 Å². The normalized spacial score (nSPS) is 12.1. The summed E-state index contributed by atoms with van der Waals surface area (Å²) in [5, 5.41) is 17.3. The minimum atomic E-state index is -4.76. The van der Waals surface area contributed by atoms with Crippen LogP contribution in [0.25, 0.3) is 10.8 Å². The van der Waals surface area contributed by atoms with Crippen molar-refractivity contribution >= 4 is 60.6 Å². The molecule has 0 unspecified atom stereocenters. The van der Waals surface area contributed by atoms with E-state index in [-0.39, 0.29) is 34.9 Å². The molecule has 2 aromatic carbocycles. The number of benzene rings is 2. The Hall–Kier alpha value is -0.560. The average molecular weight is 343 g/mol. The van der Waals surface area contributed by atoms with E-state index >= 15 is 0 Å². The van der Waals surface area contributed by atoms with E-state index in [4.69, 9.17) is 10.5 Å². The maximum Gasteiger partial charge on any atom is 0.325 e. The molecule has 8 nitrogen and oxygen atoms in total. The molecule has 0 aliphatic carbocycles. The summed E-state index contributed by atoms with van der Waals surface area (Å²) < 4.78 is 53.3. The SMILES string of the molecule is O=S(=O)(OO)c1ccc2ccccc2c1S(=O)(=O)OO.[Na]. The molecule has 0 aliphatic rings. The summed E-state index contributed by atoms with van der Waals surface area (Å²) in [5.41, 5.74) is 0. The Labute approximate surface area is 142 Å². The molecular formula is C10H8NaO8S2. The van der Waals surface area contributed by atoms with E-state index in [1.807, 2.05) is 0 Å². The van der Waals surface area contributed by atoms with E-state index in [0.29, 0.717) is 5.39 Å². The van der Waals surface area contributed by atoms with E-state index < -0.39 is 30.0 Å². The molecule has 21 heavy (non-hydrogen) atoms. The van der Waals surface area contributed by atoms with Gasteiger partial charge in [-0.3, -0.25) is 0 Å². The fourth-order valence-corrected chi connectivity index (χ4v) is 3.86. The maximum atomic E-state index is 11.7. The van der Waals surface area contributed by atoms with Crippen molar-refractivity contribution in [3.63, 3.8) is 0 Å². The molecule has 2 aromatic rings. The van der Waals surface area contributed by atoms with E-state index in [0.717, 1.165) is 6.07 Å².